The largest absolute Gasteiger partial charge is 0.454 e. The summed E-state index contributed by atoms with van der Waals surface area (Å²) in [4.78, 5) is 30.9. The molecule has 1 saturated heterocycles. The summed E-state index contributed by atoms with van der Waals surface area (Å²) in [5.41, 5.74) is -1.35. The zero-order valence-corrected chi connectivity index (χ0v) is 14.8. The minimum absolute atomic E-state index is 0.0485. The molecule has 7 heteroatoms. The summed E-state index contributed by atoms with van der Waals surface area (Å²) in [6.07, 6.45) is -2.86. The van der Waals surface area contributed by atoms with Crippen LogP contribution in [0.2, 0.25) is 0 Å². The Labute approximate surface area is 182 Å². The molecule has 1 aromatic heterocycles. The number of aromatic amines is 1. The average molecular weight is 400 g/mol. The van der Waals surface area contributed by atoms with Crippen molar-refractivity contribution in [1.82, 2.24) is 14.8 Å². The number of para-hydroxylation sites is 1. The summed E-state index contributed by atoms with van der Waals surface area (Å²) in [5, 5.41) is -0.323. The summed E-state index contributed by atoms with van der Waals surface area (Å²) in [5.74, 6) is -2.83. The molecule has 0 aliphatic carbocycles. The second-order valence-corrected chi connectivity index (χ2v) is 6.65. The molecule has 0 bridgehead atoms. The minimum Gasteiger partial charge on any atom is -0.454 e. The maximum Gasteiger partial charge on any atom is 0.245 e. The summed E-state index contributed by atoms with van der Waals surface area (Å²) in [6, 6.07) is -3.66. The van der Waals surface area contributed by atoms with Crippen LogP contribution in [-0.2, 0) is 16.0 Å². The normalized spacial score (nSPS) is 36.0. The van der Waals surface area contributed by atoms with E-state index >= 15 is 0 Å². The standard InChI is InChI=1S/C22H19N3O4/c1-24-10-19(26)25-16(22(24)27)9-14-13-4-2-3-5-15(13)23-20(14)21(25)12-6-7-17-18(8-12)29-11-28-17/h2-8,16,21,23H,9-11H2,1H3/t16-,21-/m1/s1/i2D,3D,4D,5D,9D2,10D2,11D2,21D. The fourth-order valence-corrected chi connectivity index (χ4v) is 3.72. The van der Waals surface area contributed by atoms with Gasteiger partial charge in [0.05, 0.1) is 22.1 Å². The summed E-state index contributed by atoms with van der Waals surface area (Å²) >= 11 is 0. The van der Waals surface area contributed by atoms with Crippen LogP contribution in [0.25, 0.3) is 10.9 Å². The van der Waals surface area contributed by atoms with Crippen LogP contribution in [0.3, 0.4) is 0 Å². The third-order valence-corrected chi connectivity index (χ3v) is 5.02. The van der Waals surface area contributed by atoms with Gasteiger partial charge in [-0.1, -0.05) is 24.2 Å². The van der Waals surface area contributed by atoms with Gasteiger partial charge in [0.15, 0.2) is 11.5 Å². The van der Waals surface area contributed by atoms with Crippen molar-refractivity contribution in [2.45, 2.75) is 18.4 Å². The maximum absolute atomic E-state index is 13.7. The topological polar surface area (TPSA) is 74.9 Å². The molecule has 2 aromatic carbocycles. The van der Waals surface area contributed by atoms with E-state index in [0.29, 0.717) is 9.80 Å². The van der Waals surface area contributed by atoms with Crippen LogP contribution in [0, 0.1) is 0 Å². The third-order valence-electron chi connectivity index (χ3n) is 5.02. The first-order valence-electron chi connectivity index (χ1n) is 14.1. The number of hydrogen-bond donors (Lipinski definition) is 1. The van der Waals surface area contributed by atoms with Gasteiger partial charge in [-0.3, -0.25) is 9.59 Å². The number of aromatic nitrogens is 1. The smallest absolute Gasteiger partial charge is 0.245 e. The van der Waals surface area contributed by atoms with Gasteiger partial charge in [0, 0.05) is 32.8 Å². The number of rotatable bonds is 1. The van der Waals surface area contributed by atoms with Crippen molar-refractivity contribution in [3.63, 3.8) is 0 Å². The van der Waals surface area contributed by atoms with Crippen LogP contribution in [-0.4, -0.2) is 52.9 Å². The van der Waals surface area contributed by atoms with Crippen LogP contribution in [0.4, 0.5) is 0 Å². The quantitative estimate of drug-likeness (QED) is 0.680. The van der Waals surface area contributed by atoms with Crippen molar-refractivity contribution in [3.8, 4) is 11.5 Å². The molecule has 3 aliphatic heterocycles. The molecule has 0 unspecified atom stereocenters. The summed E-state index contributed by atoms with van der Waals surface area (Å²) in [6.45, 7) is -5.54. The molecule has 1 N–H and O–H groups in total. The van der Waals surface area contributed by atoms with Gasteiger partial charge in [-0.25, -0.2) is 0 Å². The lowest BCUT2D eigenvalue weighted by molar-refractivity contribution is -0.157. The number of hydrogen-bond acceptors (Lipinski definition) is 4. The molecule has 4 heterocycles. The predicted molar refractivity (Wildman–Crippen MR) is 105 cm³/mol. The van der Waals surface area contributed by atoms with Crippen molar-refractivity contribution in [1.29, 1.82) is 0 Å². The van der Waals surface area contributed by atoms with E-state index in [2.05, 4.69) is 4.98 Å². The highest BCUT2D eigenvalue weighted by molar-refractivity contribution is 5.97. The highest BCUT2D eigenvalue weighted by atomic mass is 16.7. The lowest BCUT2D eigenvalue weighted by Crippen LogP contribution is -2.62. The molecule has 3 aliphatic rings. The van der Waals surface area contributed by atoms with Gasteiger partial charge in [0.25, 0.3) is 0 Å². The Bertz CT molecular complexity index is 1690. The fraction of sp³-hybridized carbons (Fsp3) is 0.273. The lowest BCUT2D eigenvalue weighted by atomic mass is 9.86. The van der Waals surface area contributed by atoms with Gasteiger partial charge in [-0.05, 0) is 29.3 Å². The van der Waals surface area contributed by atoms with Gasteiger partial charge in [-0.15, -0.1) is 0 Å². The van der Waals surface area contributed by atoms with E-state index in [1.807, 2.05) is 0 Å². The Morgan fingerprint density at radius 1 is 1.24 bits per heavy atom. The van der Waals surface area contributed by atoms with Crippen LogP contribution >= 0.6 is 0 Å². The van der Waals surface area contributed by atoms with E-state index < -0.39 is 78.9 Å². The van der Waals surface area contributed by atoms with Crippen LogP contribution in [0.15, 0.2) is 42.4 Å². The first-order chi connectivity index (χ1) is 18.4. The van der Waals surface area contributed by atoms with E-state index in [-0.39, 0.29) is 28.0 Å². The Balaban J connectivity index is 1.76. The molecular weight excluding hydrogens is 370 g/mol. The van der Waals surface area contributed by atoms with Crippen molar-refractivity contribution in [3.05, 3.63) is 59.2 Å². The predicted octanol–water partition coefficient (Wildman–Crippen LogP) is 2.21. The number of piperazine rings is 1. The van der Waals surface area contributed by atoms with E-state index in [9.17, 15) is 11.0 Å². The summed E-state index contributed by atoms with van der Waals surface area (Å²) < 4.78 is 103. The number of likely N-dealkylation sites (N-methyl/N-ethyl adjacent to an activating group) is 1. The van der Waals surface area contributed by atoms with Crippen molar-refractivity contribution >= 4 is 22.7 Å². The Hall–Kier alpha value is -3.48. The molecule has 3 aromatic rings. The van der Waals surface area contributed by atoms with E-state index in [1.165, 1.54) is 12.1 Å². The number of ether oxygens (including phenoxy) is 2. The highest BCUT2D eigenvalue weighted by Crippen LogP contribution is 2.44. The van der Waals surface area contributed by atoms with Gasteiger partial charge in [0.1, 0.15) is 8.78 Å². The second kappa shape index (κ2) is 5.76. The zero-order chi connectivity index (χ0) is 29.5. The van der Waals surface area contributed by atoms with Crippen LogP contribution in [0.1, 0.15) is 37.9 Å². The Kier molecular flexibility index (Phi) is 1.77. The van der Waals surface area contributed by atoms with Crippen LogP contribution in [0.5, 0.6) is 11.5 Å². The molecular formula is C22H19N3O4. The summed E-state index contributed by atoms with van der Waals surface area (Å²) in [7, 11) is 0.985. The van der Waals surface area contributed by atoms with Gasteiger partial charge in [0.2, 0.25) is 18.6 Å². The number of fused-ring (bicyclic) bond motifs is 5. The number of nitrogens with zero attached hydrogens (tertiary/aromatic N) is 2. The number of amides is 2. The molecule has 7 nitrogen and oxygen atoms in total. The van der Waals surface area contributed by atoms with Gasteiger partial charge < -0.3 is 24.3 Å². The Morgan fingerprint density at radius 2 is 2.07 bits per heavy atom. The molecule has 2 atom stereocenters. The van der Waals surface area contributed by atoms with Crippen molar-refractivity contribution < 1.29 is 34.1 Å². The number of carbonyl (C=O) groups is 2. The minimum atomic E-state index is -2.99. The van der Waals surface area contributed by atoms with E-state index in [0.717, 1.165) is 13.1 Å². The Morgan fingerprint density at radius 3 is 2.97 bits per heavy atom. The molecule has 0 saturated carbocycles. The van der Waals surface area contributed by atoms with E-state index in [4.69, 9.17) is 23.2 Å². The van der Waals surface area contributed by atoms with Gasteiger partial charge >= 0.3 is 0 Å². The molecule has 1 fully saturated rings. The van der Waals surface area contributed by atoms with Crippen molar-refractivity contribution in [2.75, 3.05) is 20.3 Å². The molecule has 6 rings (SSSR count). The first-order valence-corrected chi connectivity index (χ1v) is 8.64. The molecule has 0 spiro atoms. The molecule has 146 valence electrons. The maximum atomic E-state index is 13.7. The lowest BCUT2D eigenvalue weighted by Gasteiger charge is -2.46. The average Bonchev–Trinajstić information content (AvgIpc) is 3.43. The second-order valence-electron chi connectivity index (χ2n) is 6.65. The number of H-pyrrole nitrogens is 1. The number of carbonyl (C=O) groups excluding carboxylic acids is 2. The zero-order valence-electron chi connectivity index (χ0n) is 25.8. The van der Waals surface area contributed by atoms with Crippen LogP contribution < -0.4 is 9.47 Å². The number of benzene rings is 2. The molecule has 0 radical (unpaired) electrons. The molecule has 29 heavy (non-hydrogen) atoms. The van der Waals surface area contributed by atoms with Gasteiger partial charge in [-0.2, -0.15) is 0 Å². The monoisotopic (exact) mass is 400 g/mol. The van der Waals surface area contributed by atoms with E-state index in [1.54, 1.807) is 0 Å². The first kappa shape index (κ1) is 8.90. The highest BCUT2D eigenvalue weighted by Gasteiger charge is 2.47. The number of nitrogens with one attached hydrogen (secondary N) is 1. The SMILES string of the molecule is [2H]c1c([2H])c([2H])c2c3c([nH]c2c1[2H])[C@@]([2H])(c1ccc2c(c1)OC([2H])([2H])O2)N1C(=O)C([2H])([2H])N(C)C(=O)[C@H]1C3([2H])[2H]. The fourth-order valence-electron chi connectivity index (χ4n) is 3.72. The third kappa shape index (κ3) is 2.24. The molecule has 2 amide bonds. The van der Waals surface area contributed by atoms with Crippen molar-refractivity contribution in [2.24, 2.45) is 0 Å².